The van der Waals surface area contributed by atoms with Gasteiger partial charge in [-0.25, -0.2) is 10.2 Å². The SMILES string of the molecule is C/C(=N\NC(=O)c1ccc(Cl)cc1)c1c(O)cc(C)oc1=O. The standard InChI is InChI=1S/C15H13ClN2O4/c1-8-7-12(19)13(15(21)22-8)9(2)17-18-14(20)10-3-5-11(16)6-4-10/h3-7,19H,1-2H3,(H,18,20)/b17-9+. The van der Waals surface area contributed by atoms with E-state index < -0.39 is 11.5 Å². The minimum absolute atomic E-state index is 0.0954. The Morgan fingerprint density at radius 3 is 2.55 bits per heavy atom. The van der Waals surface area contributed by atoms with Gasteiger partial charge in [0.15, 0.2) is 0 Å². The van der Waals surface area contributed by atoms with E-state index in [4.69, 9.17) is 16.0 Å². The first-order valence-electron chi connectivity index (χ1n) is 6.33. The number of carbonyl (C=O) groups excluding carboxylic acids is 1. The van der Waals surface area contributed by atoms with Crippen molar-refractivity contribution in [1.29, 1.82) is 0 Å². The molecule has 0 spiro atoms. The quantitative estimate of drug-likeness (QED) is 0.671. The summed E-state index contributed by atoms with van der Waals surface area (Å²) in [6.07, 6.45) is 0. The van der Waals surface area contributed by atoms with Gasteiger partial charge < -0.3 is 9.52 Å². The zero-order chi connectivity index (χ0) is 16.3. The van der Waals surface area contributed by atoms with E-state index in [1.54, 1.807) is 31.2 Å². The van der Waals surface area contributed by atoms with Crippen LogP contribution in [0, 0.1) is 6.92 Å². The second-order valence-corrected chi connectivity index (χ2v) is 4.99. The summed E-state index contributed by atoms with van der Waals surface area (Å²) in [5, 5.41) is 14.1. The highest BCUT2D eigenvalue weighted by Crippen LogP contribution is 2.15. The van der Waals surface area contributed by atoms with E-state index in [9.17, 15) is 14.7 Å². The molecule has 0 atom stereocenters. The van der Waals surface area contributed by atoms with Crippen molar-refractivity contribution in [2.75, 3.05) is 0 Å². The molecule has 114 valence electrons. The second-order valence-electron chi connectivity index (χ2n) is 4.55. The molecule has 0 saturated carbocycles. The molecule has 0 aliphatic rings. The molecule has 1 heterocycles. The lowest BCUT2D eigenvalue weighted by Gasteiger charge is -2.04. The Morgan fingerprint density at radius 1 is 1.32 bits per heavy atom. The van der Waals surface area contributed by atoms with E-state index in [0.29, 0.717) is 10.6 Å². The predicted octanol–water partition coefficient (Wildman–Crippen LogP) is 2.46. The lowest BCUT2D eigenvalue weighted by molar-refractivity contribution is 0.0955. The van der Waals surface area contributed by atoms with Crippen LogP contribution in [0.2, 0.25) is 5.02 Å². The molecule has 2 N–H and O–H groups in total. The smallest absolute Gasteiger partial charge is 0.348 e. The molecule has 22 heavy (non-hydrogen) atoms. The van der Waals surface area contributed by atoms with E-state index in [1.165, 1.54) is 13.0 Å². The Hall–Kier alpha value is -2.60. The fraction of sp³-hybridized carbons (Fsp3) is 0.133. The lowest BCUT2D eigenvalue weighted by atomic mass is 10.2. The maximum atomic E-state index is 11.9. The number of nitrogens with zero attached hydrogens (tertiary/aromatic N) is 1. The fourth-order valence-electron chi connectivity index (χ4n) is 1.79. The van der Waals surface area contributed by atoms with Crippen LogP contribution in [0.25, 0.3) is 0 Å². The first-order valence-corrected chi connectivity index (χ1v) is 6.70. The van der Waals surface area contributed by atoms with Crippen LogP contribution in [0.15, 0.2) is 44.6 Å². The molecule has 1 aromatic carbocycles. The molecular formula is C15H13ClN2O4. The van der Waals surface area contributed by atoms with Gasteiger partial charge >= 0.3 is 5.63 Å². The highest BCUT2D eigenvalue weighted by Gasteiger charge is 2.13. The van der Waals surface area contributed by atoms with Crippen LogP contribution in [-0.4, -0.2) is 16.7 Å². The van der Waals surface area contributed by atoms with Crippen LogP contribution in [0.4, 0.5) is 0 Å². The number of aromatic hydroxyl groups is 1. The Morgan fingerprint density at radius 2 is 1.95 bits per heavy atom. The largest absolute Gasteiger partial charge is 0.507 e. The number of halogens is 1. The van der Waals surface area contributed by atoms with Crippen molar-refractivity contribution in [2.24, 2.45) is 5.10 Å². The highest BCUT2D eigenvalue weighted by atomic mass is 35.5. The van der Waals surface area contributed by atoms with Crippen LogP contribution in [0.3, 0.4) is 0 Å². The number of hydrogen-bond donors (Lipinski definition) is 2. The van der Waals surface area contributed by atoms with Crippen molar-refractivity contribution in [3.8, 4) is 5.75 Å². The molecular weight excluding hydrogens is 308 g/mol. The van der Waals surface area contributed by atoms with Crippen LogP contribution in [0.5, 0.6) is 5.75 Å². The molecule has 0 unspecified atom stereocenters. The van der Waals surface area contributed by atoms with Crippen molar-refractivity contribution in [3.05, 3.63) is 62.7 Å². The van der Waals surface area contributed by atoms with Gasteiger partial charge in [-0.1, -0.05) is 11.6 Å². The first kappa shape index (κ1) is 15.8. The molecule has 2 rings (SSSR count). The topological polar surface area (TPSA) is 91.9 Å². The van der Waals surface area contributed by atoms with E-state index in [1.807, 2.05) is 0 Å². The molecule has 6 nitrogen and oxygen atoms in total. The van der Waals surface area contributed by atoms with Gasteiger partial charge in [0.1, 0.15) is 17.1 Å². The molecule has 2 aromatic rings. The van der Waals surface area contributed by atoms with Crippen molar-refractivity contribution < 1.29 is 14.3 Å². The van der Waals surface area contributed by atoms with Gasteiger partial charge in [-0.2, -0.15) is 5.10 Å². The zero-order valence-corrected chi connectivity index (χ0v) is 12.6. The van der Waals surface area contributed by atoms with Gasteiger partial charge in [-0.3, -0.25) is 4.79 Å². The predicted molar refractivity (Wildman–Crippen MR) is 82.5 cm³/mol. The summed E-state index contributed by atoms with van der Waals surface area (Å²) >= 11 is 5.74. The van der Waals surface area contributed by atoms with Crippen molar-refractivity contribution in [3.63, 3.8) is 0 Å². The average molecular weight is 321 g/mol. The molecule has 0 saturated heterocycles. The van der Waals surface area contributed by atoms with E-state index in [-0.39, 0.29) is 22.8 Å². The number of amides is 1. The number of rotatable bonds is 3. The maximum absolute atomic E-state index is 11.9. The zero-order valence-electron chi connectivity index (χ0n) is 11.9. The summed E-state index contributed by atoms with van der Waals surface area (Å²) in [6, 6.07) is 7.54. The van der Waals surface area contributed by atoms with Gasteiger partial charge in [0.2, 0.25) is 0 Å². The van der Waals surface area contributed by atoms with Crippen molar-refractivity contribution in [2.45, 2.75) is 13.8 Å². The number of hydrogen-bond acceptors (Lipinski definition) is 5. The molecule has 0 radical (unpaired) electrons. The Kier molecular flexibility index (Phi) is 4.62. The molecule has 0 aliphatic carbocycles. The summed E-state index contributed by atoms with van der Waals surface area (Å²) in [4.78, 5) is 23.6. The van der Waals surface area contributed by atoms with Crippen molar-refractivity contribution in [1.82, 2.24) is 5.43 Å². The molecule has 0 aliphatic heterocycles. The minimum atomic E-state index is -0.723. The summed E-state index contributed by atoms with van der Waals surface area (Å²) < 4.78 is 4.89. The normalized spacial score (nSPS) is 11.3. The Labute approximate surface area is 131 Å². The number of carbonyl (C=O) groups is 1. The van der Waals surface area contributed by atoms with Crippen molar-refractivity contribution >= 4 is 23.2 Å². The van der Waals surface area contributed by atoms with Gasteiger partial charge in [0.05, 0.1) is 5.71 Å². The van der Waals surface area contributed by atoms with Gasteiger partial charge in [-0.15, -0.1) is 0 Å². The number of benzene rings is 1. The number of nitrogens with one attached hydrogen (secondary N) is 1. The number of aryl methyl sites for hydroxylation is 1. The first-order chi connectivity index (χ1) is 10.4. The summed E-state index contributed by atoms with van der Waals surface area (Å²) in [5.74, 6) is -0.438. The maximum Gasteiger partial charge on any atom is 0.348 e. The summed E-state index contributed by atoms with van der Waals surface area (Å²) in [5.41, 5.74) is 1.98. The summed E-state index contributed by atoms with van der Waals surface area (Å²) in [7, 11) is 0. The van der Waals surface area contributed by atoms with Crippen LogP contribution in [0.1, 0.15) is 28.6 Å². The monoisotopic (exact) mass is 320 g/mol. The van der Waals surface area contributed by atoms with Gasteiger partial charge in [0, 0.05) is 16.7 Å². The fourth-order valence-corrected chi connectivity index (χ4v) is 1.91. The minimum Gasteiger partial charge on any atom is -0.507 e. The average Bonchev–Trinajstić information content (AvgIpc) is 2.44. The molecule has 7 heteroatoms. The van der Waals surface area contributed by atoms with E-state index in [2.05, 4.69) is 10.5 Å². The third-order valence-corrected chi connectivity index (χ3v) is 3.10. The van der Waals surface area contributed by atoms with E-state index in [0.717, 1.165) is 0 Å². The molecule has 1 amide bonds. The third-order valence-electron chi connectivity index (χ3n) is 2.85. The Balaban J connectivity index is 2.22. The van der Waals surface area contributed by atoms with Crippen LogP contribution >= 0.6 is 11.6 Å². The molecule has 0 fully saturated rings. The molecule has 1 aromatic heterocycles. The lowest BCUT2D eigenvalue weighted by Crippen LogP contribution is -2.21. The second kappa shape index (κ2) is 6.44. The van der Waals surface area contributed by atoms with Gasteiger partial charge in [-0.05, 0) is 38.1 Å². The van der Waals surface area contributed by atoms with Crippen LogP contribution < -0.4 is 11.1 Å². The molecule has 0 bridgehead atoms. The van der Waals surface area contributed by atoms with E-state index >= 15 is 0 Å². The van der Waals surface area contributed by atoms with Crippen LogP contribution in [-0.2, 0) is 0 Å². The third kappa shape index (κ3) is 3.53. The van der Waals surface area contributed by atoms with Gasteiger partial charge in [0.25, 0.3) is 5.91 Å². The Bertz CT molecular complexity index is 794. The summed E-state index contributed by atoms with van der Waals surface area (Å²) in [6.45, 7) is 3.02. The highest BCUT2D eigenvalue weighted by molar-refractivity contribution is 6.30. The number of hydrazone groups is 1.